The number of carboxylic acids is 1. The van der Waals surface area contributed by atoms with Crippen LogP contribution in [-0.4, -0.2) is 31.0 Å². The van der Waals surface area contributed by atoms with Gasteiger partial charge in [0.2, 0.25) is 10.0 Å². The molecule has 0 spiro atoms. The van der Waals surface area contributed by atoms with Gasteiger partial charge in [0, 0.05) is 18.1 Å². The average Bonchev–Trinajstić information content (AvgIpc) is 2.44. The highest BCUT2D eigenvalue weighted by molar-refractivity contribution is 7.89. The van der Waals surface area contributed by atoms with Gasteiger partial charge in [-0.25, -0.2) is 13.1 Å². The van der Waals surface area contributed by atoms with Gasteiger partial charge in [0.05, 0.1) is 15.8 Å². The normalized spacial score (nSPS) is 12.5. The minimum Gasteiger partial charge on any atom is -0.481 e. The number of aliphatic carboxylic acids is 1. The lowest BCUT2D eigenvalue weighted by Gasteiger charge is -2.19. The molecule has 0 aliphatic rings. The fourth-order valence-electron chi connectivity index (χ4n) is 1.74. The third-order valence-corrected chi connectivity index (χ3v) is 4.64. The number of rotatable bonds is 5. The summed E-state index contributed by atoms with van der Waals surface area (Å²) in [6, 6.07) is 8.11. The van der Waals surface area contributed by atoms with E-state index >= 15 is 0 Å². The molecule has 0 amide bonds. The Bertz CT molecular complexity index is 779. The zero-order valence-corrected chi connectivity index (χ0v) is 12.5. The first-order valence-corrected chi connectivity index (χ1v) is 7.79. The number of nitrogens with zero attached hydrogens (tertiary/aromatic N) is 1. The van der Waals surface area contributed by atoms with Crippen LogP contribution in [0.2, 0.25) is 0 Å². The zero-order chi connectivity index (χ0) is 15.7. The summed E-state index contributed by atoms with van der Waals surface area (Å²) in [5.74, 6) is -1.07. The molecule has 1 aromatic carbocycles. The van der Waals surface area contributed by atoms with E-state index in [-0.39, 0.29) is 11.4 Å². The Kier molecular flexibility index (Phi) is 3.97. The van der Waals surface area contributed by atoms with E-state index in [1.807, 2.05) is 0 Å². The summed E-state index contributed by atoms with van der Waals surface area (Å²) in [5, 5.41) is 9.54. The fourth-order valence-corrected chi connectivity index (χ4v) is 3.16. The molecule has 1 aromatic heterocycles. The van der Waals surface area contributed by atoms with Gasteiger partial charge in [-0.05, 0) is 38.1 Å². The highest BCUT2D eigenvalue weighted by Gasteiger charge is 2.29. The van der Waals surface area contributed by atoms with Crippen LogP contribution in [0, 0.1) is 5.41 Å². The number of nitrogens with one attached hydrogen (secondary N) is 1. The van der Waals surface area contributed by atoms with Crippen molar-refractivity contribution in [1.29, 1.82) is 0 Å². The first-order chi connectivity index (χ1) is 9.74. The molecule has 0 saturated heterocycles. The molecule has 2 N–H and O–H groups in total. The van der Waals surface area contributed by atoms with Gasteiger partial charge in [0.25, 0.3) is 0 Å². The van der Waals surface area contributed by atoms with Gasteiger partial charge in [-0.1, -0.05) is 6.07 Å². The molecule has 21 heavy (non-hydrogen) atoms. The molecule has 1 heterocycles. The molecule has 0 aliphatic heterocycles. The molecule has 0 unspecified atom stereocenters. The van der Waals surface area contributed by atoms with Gasteiger partial charge in [0.15, 0.2) is 0 Å². The van der Waals surface area contributed by atoms with Crippen molar-refractivity contribution < 1.29 is 18.3 Å². The summed E-state index contributed by atoms with van der Waals surface area (Å²) in [6.45, 7) is 2.73. The van der Waals surface area contributed by atoms with Gasteiger partial charge in [-0.3, -0.25) is 9.78 Å². The van der Waals surface area contributed by atoms with E-state index in [2.05, 4.69) is 9.71 Å². The predicted octanol–water partition coefficient (Wildman–Crippen LogP) is 1.62. The van der Waals surface area contributed by atoms with Crippen molar-refractivity contribution in [3.8, 4) is 0 Å². The second-order valence-electron chi connectivity index (χ2n) is 5.34. The summed E-state index contributed by atoms with van der Waals surface area (Å²) in [6.07, 6.45) is 1.58. The van der Waals surface area contributed by atoms with Gasteiger partial charge >= 0.3 is 5.97 Å². The molecule has 2 rings (SSSR count). The Hall–Kier alpha value is -1.99. The Morgan fingerprint density at radius 2 is 2.00 bits per heavy atom. The van der Waals surface area contributed by atoms with Crippen molar-refractivity contribution >= 4 is 26.9 Å². The summed E-state index contributed by atoms with van der Waals surface area (Å²) >= 11 is 0. The van der Waals surface area contributed by atoms with Gasteiger partial charge in [-0.2, -0.15) is 0 Å². The smallest absolute Gasteiger partial charge is 0.310 e. The minimum absolute atomic E-state index is 0.0919. The first-order valence-electron chi connectivity index (χ1n) is 6.31. The molecule has 0 atom stereocenters. The number of sulfonamides is 1. The molecule has 7 heteroatoms. The van der Waals surface area contributed by atoms with Crippen LogP contribution in [0.4, 0.5) is 0 Å². The monoisotopic (exact) mass is 308 g/mol. The Morgan fingerprint density at radius 1 is 1.29 bits per heavy atom. The van der Waals surface area contributed by atoms with Gasteiger partial charge < -0.3 is 5.11 Å². The van der Waals surface area contributed by atoms with E-state index in [1.54, 1.807) is 30.5 Å². The first kappa shape index (κ1) is 15.4. The van der Waals surface area contributed by atoms with E-state index in [9.17, 15) is 13.2 Å². The van der Waals surface area contributed by atoms with Crippen LogP contribution in [0.3, 0.4) is 0 Å². The van der Waals surface area contributed by atoms with Gasteiger partial charge in [-0.15, -0.1) is 0 Å². The van der Waals surface area contributed by atoms with E-state index in [4.69, 9.17) is 5.11 Å². The van der Waals surface area contributed by atoms with Crippen LogP contribution in [0.5, 0.6) is 0 Å². The number of hydrogen-bond donors (Lipinski definition) is 2. The van der Waals surface area contributed by atoms with Crippen molar-refractivity contribution in [3.63, 3.8) is 0 Å². The van der Waals surface area contributed by atoms with Crippen LogP contribution in [0.1, 0.15) is 13.8 Å². The van der Waals surface area contributed by atoms with E-state index in [1.165, 1.54) is 19.9 Å². The molecule has 0 fully saturated rings. The number of pyridine rings is 1. The number of carbonyl (C=O) groups is 1. The van der Waals surface area contributed by atoms with Crippen molar-refractivity contribution in [3.05, 3.63) is 36.5 Å². The predicted molar refractivity (Wildman–Crippen MR) is 78.3 cm³/mol. The van der Waals surface area contributed by atoms with Crippen molar-refractivity contribution in [1.82, 2.24) is 9.71 Å². The molecule has 0 radical (unpaired) electrons. The van der Waals surface area contributed by atoms with Crippen LogP contribution in [0.25, 0.3) is 10.9 Å². The summed E-state index contributed by atoms with van der Waals surface area (Å²) in [4.78, 5) is 15.2. The lowest BCUT2D eigenvalue weighted by atomic mass is 9.95. The van der Waals surface area contributed by atoms with Gasteiger partial charge in [0.1, 0.15) is 0 Å². The average molecular weight is 308 g/mol. The van der Waals surface area contributed by atoms with E-state index in [0.29, 0.717) is 10.9 Å². The second kappa shape index (κ2) is 5.42. The standard InChI is InChI=1S/C14H16N2O4S/c1-14(2,13(17)18)9-16-21(19,20)12-7-3-6-11-10(12)5-4-8-15-11/h3-8,16H,9H2,1-2H3,(H,17,18). The minimum atomic E-state index is -3.81. The Morgan fingerprint density at radius 3 is 2.67 bits per heavy atom. The highest BCUT2D eigenvalue weighted by atomic mass is 32.2. The number of fused-ring (bicyclic) bond motifs is 1. The molecule has 6 nitrogen and oxygen atoms in total. The Balaban J connectivity index is 2.37. The second-order valence-corrected chi connectivity index (χ2v) is 7.08. The largest absolute Gasteiger partial charge is 0.481 e. The SMILES string of the molecule is CC(C)(CNS(=O)(=O)c1cccc2ncccc12)C(=O)O. The fraction of sp³-hybridized carbons (Fsp3) is 0.286. The lowest BCUT2D eigenvalue weighted by molar-refractivity contribution is -0.146. The maximum absolute atomic E-state index is 12.4. The molecule has 112 valence electrons. The quantitative estimate of drug-likeness (QED) is 0.875. The molecule has 0 bridgehead atoms. The van der Waals surface area contributed by atoms with Crippen LogP contribution in [-0.2, 0) is 14.8 Å². The molecule has 0 saturated carbocycles. The molecular formula is C14H16N2O4S. The topological polar surface area (TPSA) is 96.4 Å². The number of hydrogen-bond acceptors (Lipinski definition) is 4. The molecular weight excluding hydrogens is 292 g/mol. The third-order valence-electron chi connectivity index (χ3n) is 3.18. The third kappa shape index (κ3) is 3.20. The highest BCUT2D eigenvalue weighted by Crippen LogP contribution is 2.22. The van der Waals surface area contributed by atoms with Crippen molar-refractivity contribution in [2.75, 3.05) is 6.54 Å². The van der Waals surface area contributed by atoms with E-state index < -0.39 is 21.4 Å². The lowest BCUT2D eigenvalue weighted by Crippen LogP contribution is -2.38. The maximum atomic E-state index is 12.4. The Labute approximate surface area is 122 Å². The molecule has 2 aromatic rings. The maximum Gasteiger partial charge on any atom is 0.310 e. The number of aromatic nitrogens is 1. The zero-order valence-electron chi connectivity index (χ0n) is 11.7. The van der Waals surface area contributed by atoms with Crippen molar-refractivity contribution in [2.24, 2.45) is 5.41 Å². The van der Waals surface area contributed by atoms with E-state index in [0.717, 1.165) is 0 Å². The molecule has 0 aliphatic carbocycles. The summed E-state index contributed by atoms with van der Waals surface area (Å²) < 4.78 is 27.1. The van der Waals surface area contributed by atoms with Crippen LogP contribution in [0.15, 0.2) is 41.4 Å². The number of benzene rings is 1. The van der Waals surface area contributed by atoms with Crippen molar-refractivity contribution in [2.45, 2.75) is 18.7 Å². The summed E-state index contributed by atoms with van der Waals surface area (Å²) in [7, 11) is -3.81. The van der Waals surface area contributed by atoms with Crippen LogP contribution >= 0.6 is 0 Å². The summed E-state index contributed by atoms with van der Waals surface area (Å²) in [5.41, 5.74) is -0.617. The number of carboxylic acid groups (broad SMARTS) is 1. The van der Waals surface area contributed by atoms with Crippen LogP contribution < -0.4 is 4.72 Å².